The van der Waals surface area contributed by atoms with E-state index in [0.717, 1.165) is 11.1 Å². The van der Waals surface area contributed by atoms with Gasteiger partial charge in [0.2, 0.25) is 0 Å². The van der Waals surface area contributed by atoms with Crippen molar-refractivity contribution in [1.82, 2.24) is 15.1 Å². The summed E-state index contributed by atoms with van der Waals surface area (Å²) in [6.07, 6.45) is -1.98. The van der Waals surface area contributed by atoms with Gasteiger partial charge in [-0.25, -0.2) is 8.78 Å². The molecule has 2 atom stereocenters. The fraction of sp³-hybridized carbons (Fsp3) is 0.444. The monoisotopic (exact) mass is 349 g/mol. The Kier molecular flexibility index (Phi) is 4.85. The average Bonchev–Trinajstić information content (AvgIpc) is 3.08. The molecular weight excluding hydrogens is 328 g/mol. The number of hydrogen-bond acceptors (Lipinski definition) is 3. The van der Waals surface area contributed by atoms with Crippen molar-refractivity contribution < 1.29 is 18.7 Å². The number of carbonyl (C=O) groups is 1. The van der Waals surface area contributed by atoms with Crippen molar-refractivity contribution in [2.24, 2.45) is 5.92 Å². The number of halogens is 2. The van der Waals surface area contributed by atoms with Crippen molar-refractivity contribution in [3.05, 3.63) is 52.8 Å². The van der Waals surface area contributed by atoms with Crippen LogP contribution < -0.4 is 5.32 Å². The molecule has 0 saturated carbocycles. The van der Waals surface area contributed by atoms with Crippen LogP contribution in [0.5, 0.6) is 0 Å². The van der Waals surface area contributed by atoms with E-state index in [4.69, 9.17) is 0 Å². The van der Waals surface area contributed by atoms with E-state index in [2.05, 4.69) is 10.4 Å². The molecule has 1 heterocycles. The Hall–Kier alpha value is -2.28. The first-order valence-corrected chi connectivity index (χ1v) is 8.29. The molecule has 0 radical (unpaired) electrons. The Labute approximate surface area is 144 Å². The van der Waals surface area contributed by atoms with Crippen molar-refractivity contribution >= 4 is 5.91 Å². The van der Waals surface area contributed by atoms with Crippen LogP contribution in [0.4, 0.5) is 8.78 Å². The first-order valence-electron chi connectivity index (χ1n) is 8.29. The third-order valence-electron chi connectivity index (χ3n) is 4.36. The first-order chi connectivity index (χ1) is 11.9. The summed E-state index contributed by atoms with van der Waals surface area (Å²) in [4.78, 5) is 12.6. The first kappa shape index (κ1) is 17.5. The summed E-state index contributed by atoms with van der Waals surface area (Å²) < 4.78 is 28.1. The molecule has 5 nitrogen and oxygen atoms in total. The van der Waals surface area contributed by atoms with Gasteiger partial charge < -0.3 is 10.4 Å². The van der Waals surface area contributed by atoms with Gasteiger partial charge in [0.1, 0.15) is 5.69 Å². The summed E-state index contributed by atoms with van der Waals surface area (Å²) in [6, 6.07) is 6.78. The van der Waals surface area contributed by atoms with Crippen LogP contribution in [-0.2, 0) is 13.0 Å². The number of fused-ring (bicyclic) bond motifs is 1. The van der Waals surface area contributed by atoms with Crippen molar-refractivity contribution in [2.45, 2.75) is 45.4 Å². The lowest BCUT2D eigenvalue weighted by molar-refractivity contribution is 0.0843. The molecule has 1 aromatic heterocycles. The van der Waals surface area contributed by atoms with E-state index in [1.54, 1.807) is 0 Å². The maximum Gasteiger partial charge on any atom is 0.280 e. The Balaban J connectivity index is 1.86. The Morgan fingerprint density at radius 2 is 2.12 bits per heavy atom. The SMILES string of the molecule is CC(C)Cn1ncc(C(=O)N[C@H]2c3ccccc3C[C@H]2O)c1C(F)F. The highest BCUT2D eigenvalue weighted by atomic mass is 19.3. The maximum absolute atomic E-state index is 13.5. The number of benzene rings is 1. The molecule has 25 heavy (non-hydrogen) atoms. The van der Waals surface area contributed by atoms with Crippen LogP contribution >= 0.6 is 0 Å². The molecule has 1 amide bonds. The fourth-order valence-electron chi connectivity index (χ4n) is 3.26. The molecule has 0 spiro atoms. The molecule has 7 heteroatoms. The second kappa shape index (κ2) is 6.92. The minimum absolute atomic E-state index is 0.122. The van der Waals surface area contributed by atoms with Crippen LogP contribution in [0.3, 0.4) is 0 Å². The molecule has 2 N–H and O–H groups in total. The van der Waals surface area contributed by atoms with E-state index < -0.39 is 24.5 Å². The van der Waals surface area contributed by atoms with E-state index in [1.807, 2.05) is 38.1 Å². The van der Waals surface area contributed by atoms with Gasteiger partial charge in [-0.3, -0.25) is 9.48 Å². The molecule has 3 rings (SSSR count). The highest BCUT2D eigenvalue weighted by Gasteiger charge is 2.34. The summed E-state index contributed by atoms with van der Waals surface area (Å²) in [5, 5.41) is 16.9. The van der Waals surface area contributed by atoms with Gasteiger partial charge in [0.05, 0.1) is 23.9 Å². The highest BCUT2D eigenvalue weighted by molar-refractivity contribution is 5.95. The number of nitrogens with one attached hydrogen (secondary N) is 1. The highest BCUT2D eigenvalue weighted by Crippen LogP contribution is 2.32. The van der Waals surface area contributed by atoms with Gasteiger partial charge >= 0.3 is 0 Å². The molecule has 0 fully saturated rings. The normalized spacial score (nSPS) is 19.5. The molecule has 0 saturated heterocycles. The molecule has 2 aromatic rings. The van der Waals surface area contributed by atoms with Crippen molar-refractivity contribution in [1.29, 1.82) is 0 Å². The molecule has 1 aliphatic rings. The number of aromatic nitrogens is 2. The van der Waals surface area contributed by atoms with Crippen LogP contribution in [0, 0.1) is 5.92 Å². The lowest BCUT2D eigenvalue weighted by atomic mass is 10.1. The molecule has 0 aliphatic heterocycles. The lowest BCUT2D eigenvalue weighted by Crippen LogP contribution is -2.34. The van der Waals surface area contributed by atoms with Crippen LogP contribution in [-0.4, -0.2) is 26.9 Å². The Bertz CT molecular complexity index is 773. The number of hydrogen-bond donors (Lipinski definition) is 2. The van der Waals surface area contributed by atoms with Gasteiger partial charge in [-0.15, -0.1) is 0 Å². The van der Waals surface area contributed by atoms with Gasteiger partial charge in [-0.1, -0.05) is 38.1 Å². The van der Waals surface area contributed by atoms with E-state index in [-0.39, 0.29) is 17.2 Å². The van der Waals surface area contributed by atoms with Crippen molar-refractivity contribution in [2.75, 3.05) is 0 Å². The summed E-state index contributed by atoms with van der Waals surface area (Å²) in [6.45, 7) is 4.09. The van der Waals surface area contributed by atoms with Crippen molar-refractivity contribution in [3.8, 4) is 0 Å². The van der Waals surface area contributed by atoms with Crippen LogP contribution in [0.15, 0.2) is 30.5 Å². The smallest absolute Gasteiger partial charge is 0.280 e. The topological polar surface area (TPSA) is 67.2 Å². The lowest BCUT2D eigenvalue weighted by Gasteiger charge is -2.18. The quantitative estimate of drug-likeness (QED) is 0.872. The van der Waals surface area contributed by atoms with Gasteiger partial charge in [-0.2, -0.15) is 5.10 Å². The number of aliphatic hydroxyl groups excluding tert-OH is 1. The van der Waals surface area contributed by atoms with Crippen LogP contribution in [0.2, 0.25) is 0 Å². The van der Waals surface area contributed by atoms with Gasteiger partial charge in [0.25, 0.3) is 12.3 Å². The van der Waals surface area contributed by atoms with Gasteiger partial charge in [0.15, 0.2) is 0 Å². The zero-order valence-corrected chi connectivity index (χ0v) is 14.1. The summed E-state index contributed by atoms with van der Waals surface area (Å²) in [7, 11) is 0. The molecule has 134 valence electrons. The van der Waals surface area contributed by atoms with Crippen molar-refractivity contribution in [3.63, 3.8) is 0 Å². The maximum atomic E-state index is 13.5. The van der Waals surface area contributed by atoms with E-state index >= 15 is 0 Å². The predicted octanol–water partition coefficient (Wildman–Crippen LogP) is 2.86. The number of nitrogens with zero attached hydrogens (tertiary/aromatic N) is 2. The fourth-order valence-corrected chi connectivity index (χ4v) is 3.26. The third-order valence-corrected chi connectivity index (χ3v) is 4.36. The number of alkyl halides is 2. The number of rotatable bonds is 5. The standard InChI is InChI=1S/C18H21F2N3O2/c1-10(2)9-23-16(17(19)20)13(8-21-23)18(25)22-15-12-6-4-3-5-11(12)7-14(15)24/h3-6,8,10,14-15,17,24H,7,9H2,1-2H3,(H,22,25)/t14-,15+/m1/s1. The van der Waals surface area contributed by atoms with Crippen LogP contribution in [0.1, 0.15) is 53.5 Å². The number of amides is 1. The summed E-state index contributed by atoms with van der Waals surface area (Å²) in [5.41, 5.74) is 1.24. The largest absolute Gasteiger partial charge is 0.390 e. The van der Waals surface area contributed by atoms with Crippen LogP contribution in [0.25, 0.3) is 0 Å². The Morgan fingerprint density at radius 3 is 2.80 bits per heavy atom. The third kappa shape index (κ3) is 3.42. The second-order valence-corrected chi connectivity index (χ2v) is 6.74. The molecule has 0 bridgehead atoms. The number of aliphatic hydroxyl groups is 1. The van der Waals surface area contributed by atoms with E-state index in [1.165, 1.54) is 10.9 Å². The molecular formula is C18H21F2N3O2. The Morgan fingerprint density at radius 1 is 1.40 bits per heavy atom. The van der Waals surface area contributed by atoms with E-state index in [9.17, 15) is 18.7 Å². The molecule has 1 aromatic carbocycles. The van der Waals surface area contributed by atoms with E-state index in [0.29, 0.717) is 13.0 Å². The van der Waals surface area contributed by atoms with Gasteiger partial charge in [-0.05, 0) is 17.0 Å². The summed E-state index contributed by atoms with van der Waals surface area (Å²) in [5.74, 6) is -0.525. The summed E-state index contributed by atoms with van der Waals surface area (Å²) >= 11 is 0. The molecule has 0 unspecified atom stereocenters. The second-order valence-electron chi connectivity index (χ2n) is 6.74. The predicted molar refractivity (Wildman–Crippen MR) is 88.4 cm³/mol. The minimum Gasteiger partial charge on any atom is -0.390 e. The zero-order valence-electron chi connectivity index (χ0n) is 14.1. The minimum atomic E-state index is -2.80. The zero-order chi connectivity index (χ0) is 18.1. The van der Waals surface area contributed by atoms with Gasteiger partial charge in [0, 0.05) is 13.0 Å². The molecule has 1 aliphatic carbocycles. The average molecular weight is 349 g/mol. The number of carbonyl (C=O) groups excluding carboxylic acids is 1.